The van der Waals surface area contributed by atoms with Crippen LogP contribution in [0.5, 0.6) is 0 Å². The molecule has 2 aromatic heterocycles. The van der Waals surface area contributed by atoms with Crippen LogP contribution in [-0.4, -0.2) is 34.8 Å². The van der Waals surface area contributed by atoms with Gasteiger partial charge in [-0.2, -0.15) is 0 Å². The summed E-state index contributed by atoms with van der Waals surface area (Å²) in [6, 6.07) is 11.2. The Kier molecular flexibility index (Phi) is 6.60. The van der Waals surface area contributed by atoms with Crippen molar-refractivity contribution in [3.63, 3.8) is 0 Å². The number of thiazole rings is 1. The van der Waals surface area contributed by atoms with Crippen LogP contribution in [0.25, 0.3) is 10.8 Å². The van der Waals surface area contributed by atoms with Gasteiger partial charge in [-0.15, -0.1) is 11.3 Å². The smallest absolute Gasteiger partial charge is 0.244 e. The zero-order chi connectivity index (χ0) is 19.9. The normalized spacial score (nSPS) is 10.6. The van der Waals surface area contributed by atoms with Crippen molar-refractivity contribution >= 4 is 28.8 Å². The second kappa shape index (κ2) is 9.32. The maximum absolute atomic E-state index is 12.7. The largest absolute Gasteiger partial charge is 0.462 e. The van der Waals surface area contributed by atoms with Crippen molar-refractivity contribution in [3.05, 3.63) is 59.3 Å². The molecule has 1 N–H and O–H groups in total. The first-order valence-corrected chi connectivity index (χ1v) is 10.1. The summed E-state index contributed by atoms with van der Waals surface area (Å²) >= 11 is 1.44. The van der Waals surface area contributed by atoms with E-state index in [9.17, 15) is 9.59 Å². The number of anilines is 1. The second-order valence-corrected chi connectivity index (χ2v) is 7.33. The highest BCUT2D eigenvalue weighted by Crippen LogP contribution is 2.24. The number of hydrogen-bond acceptors (Lipinski definition) is 5. The van der Waals surface area contributed by atoms with Crippen LogP contribution in [-0.2, 0) is 16.0 Å². The van der Waals surface area contributed by atoms with Crippen LogP contribution in [0.1, 0.15) is 24.6 Å². The number of rotatable bonds is 8. The van der Waals surface area contributed by atoms with Gasteiger partial charge < -0.3 is 14.6 Å². The van der Waals surface area contributed by atoms with Gasteiger partial charge in [0.1, 0.15) is 0 Å². The van der Waals surface area contributed by atoms with Crippen LogP contribution in [0, 0.1) is 6.92 Å². The van der Waals surface area contributed by atoms with Crippen LogP contribution in [0.4, 0.5) is 5.69 Å². The Bertz CT molecular complexity index is 934. The van der Waals surface area contributed by atoms with Crippen molar-refractivity contribution < 1.29 is 14.0 Å². The van der Waals surface area contributed by atoms with Crippen molar-refractivity contribution in [2.45, 2.75) is 26.7 Å². The molecule has 6 nitrogen and oxygen atoms in total. The molecule has 0 atom stereocenters. The van der Waals surface area contributed by atoms with E-state index in [0.717, 1.165) is 22.7 Å². The highest BCUT2D eigenvalue weighted by Gasteiger charge is 2.19. The average molecular weight is 398 g/mol. The summed E-state index contributed by atoms with van der Waals surface area (Å²) in [5, 5.41) is 5.48. The van der Waals surface area contributed by atoms with Gasteiger partial charge in [-0.05, 0) is 37.1 Å². The average Bonchev–Trinajstić information content (AvgIpc) is 3.35. The van der Waals surface area contributed by atoms with E-state index in [1.807, 2.05) is 49.6 Å². The molecule has 0 bridgehead atoms. The third-order valence-electron chi connectivity index (χ3n) is 4.22. The van der Waals surface area contributed by atoms with Crippen LogP contribution < -0.4 is 5.32 Å². The fourth-order valence-electron chi connectivity index (χ4n) is 2.81. The minimum atomic E-state index is -0.203. The third kappa shape index (κ3) is 5.07. The number of carbonyl (C=O) groups excluding carboxylic acids is 2. The van der Waals surface area contributed by atoms with Gasteiger partial charge in [0.25, 0.3) is 0 Å². The molecule has 0 fully saturated rings. The van der Waals surface area contributed by atoms with E-state index in [0.29, 0.717) is 18.0 Å². The van der Waals surface area contributed by atoms with E-state index in [1.165, 1.54) is 11.3 Å². The predicted molar refractivity (Wildman–Crippen MR) is 110 cm³/mol. The molecule has 0 saturated heterocycles. The summed E-state index contributed by atoms with van der Waals surface area (Å²) in [6.45, 7) is 4.46. The number of amides is 2. The van der Waals surface area contributed by atoms with Gasteiger partial charge in [-0.3, -0.25) is 9.59 Å². The highest BCUT2D eigenvalue weighted by atomic mass is 32.1. The Morgan fingerprint density at radius 3 is 2.75 bits per heavy atom. The molecule has 146 valence electrons. The molecular formula is C21H23N3O3S. The number of nitrogens with zero attached hydrogens (tertiary/aromatic N) is 2. The first-order valence-electron chi connectivity index (χ1n) is 9.18. The standard InChI is InChI=1S/C21H23N3O3S/c1-3-10-24(13-19(25)23-17-8-5-4-7-15(17)2)20(26)12-16-14-28-21(22-16)18-9-6-11-27-18/h4-9,11,14H,3,10,12-13H2,1-2H3,(H,23,25). The first kappa shape index (κ1) is 19.8. The molecule has 28 heavy (non-hydrogen) atoms. The molecule has 0 unspecified atom stereocenters. The Morgan fingerprint density at radius 2 is 2.04 bits per heavy atom. The van der Waals surface area contributed by atoms with Crippen molar-refractivity contribution in [1.29, 1.82) is 0 Å². The summed E-state index contributed by atoms with van der Waals surface area (Å²) in [6.07, 6.45) is 2.53. The van der Waals surface area contributed by atoms with E-state index < -0.39 is 0 Å². The molecule has 2 amide bonds. The number of aromatic nitrogens is 1. The van der Waals surface area contributed by atoms with Gasteiger partial charge in [0.15, 0.2) is 10.8 Å². The number of para-hydroxylation sites is 1. The van der Waals surface area contributed by atoms with Crippen molar-refractivity contribution in [1.82, 2.24) is 9.88 Å². The van der Waals surface area contributed by atoms with E-state index in [4.69, 9.17) is 4.42 Å². The van der Waals surface area contributed by atoms with E-state index in [1.54, 1.807) is 17.2 Å². The van der Waals surface area contributed by atoms with Crippen LogP contribution in [0.15, 0.2) is 52.5 Å². The summed E-state index contributed by atoms with van der Waals surface area (Å²) in [4.78, 5) is 31.2. The zero-order valence-electron chi connectivity index (χ0n) is 16.0. The number of nitrogens with one attached hydrogen (secondary N) is 1. The Labute approximate surface area is 168 Å². The highest BCUT2D eigenvalue weighted by molar-refractivity contribution is 7.13. The lowest BCUT2D eigenvalue weighted by molar-refractivity contribution is -0.134. The molecule has 1 aromatic carbocycles. The Balaban J connectivity index is 1.62. The molecule has 7 heteroatoms. The first-order chi connectivity index (χ1) is 13.6. The zero-order valence-corrected chi connectivity index (χ0v) is 16.8. The SMILES string of the molecule is CCCN(CC(=O)Nc1ccccc1C)C(=O)Cc1csc(-c2ccco2)n1. The van der Waals surface area contributed by atoms with Crippen molar-refractivity contribution in [2.75, 3.05) is 18.4 Å². The monoisotopic (exact) mass is 397 g/mol. The quantitative estimate of drug-likeness (QED) is 0.620. The maximum Gasteiger partial charge on any atom is 0.244 e. The molecule has 3 aromatic rings. The Hall–Kier alpha value is -2.93. The summed E-state index contributed by atoms with van der Waals surface area (Å²) in [5.41, 5.74) is 2.43. The molecule has 0 radical (unpaired) electrons. The number of benzene rings is 1. The van der Waals surface area contributed by atoms with E-state index in [-0.39, 0.29) is 24.8 Å². The third-order valence-corrected chi connectivity index (χ3v) is 5.12. The number of carbonyl (C=O) groups is 2. The Morgan fingerprint density at radius 1 is 1.21 bits per heavy atom. The molecule has 0 aliphatic carbocycles. The predicted octanol–water partition coefficient (Wildman–Crippen LogP) is 4.13. The maximum atomic E-state index is 12.7. The molecular weight excluding hydrogens is 374 g/mol. The van der Waals surface area contributed by atoms with Gasteiger partial charge in [0.2, 0.25) is 11.8 Å². The summed E-state index contributed by atoms with van der Waals surface area (Å²) < 4.78 is 5.34. The number of furan rings is 1. The summed E-state index contributed by atoms with van der Waals surface area (Å²) in [5.74, 6) is 0.371. The van der Waals surface area contributed by atoms with Crippen LogP contribution in [0.2, 0.25) is 0 Å². The van der Waals surface area contributed by atoms with Crippen molar-refractivity contribution in [3.8, 4) is 10.8 Å². The van der Waals surface area contributed by atoms with Gasteiger partial charge in [-0.1, -0.05) is 25.1 Å². The topological polar surface area (TPSA) is 75.4 Å². The molecule has 0 aliphatic heterocycles. The minimum absolute atomic E-state index is 0.0240. The molecule has 0 saturated carbocycles. The molecule has 3 rings (SSSR count). The lowest BCUT2D eigenvalue weighted by Gasteiger charge is -2.21. The number of aryl methyl sites for hydroxylation is 1. The van der Waals surface area contributed by atoms with Gasteiger partial charge in [-0.25, -0.2) is 4.98 Å². The fraction of sp³-hybridized carbons (Fsp3) is 0.286. The van der Waals surface area contributed by atoms with Gasteiger partial charge in [0.05, 0.1) is 24.9 Å². The lowest BCUT2D eigenvalue weighted by Crippen LogP contribution is -2.39. The van der Waals surface area contributed by atoms with Crippen LogP contribution in [0.3, 0.4) is 0 Å². The van der Waals surface area contributed by atoms with Gasteiger partial charge >= 0.3 is 0 Å². The molecule has 0 aliphatic rings. The number of hydrogen-bond donors (Lipinski definition) is 1. The molecule has 2 heterocycles. The van der Waals surface area contributed by atoms with E-state index in [2.05, 4.69) is 10.3 Å². The second-order valence-electron chi connectivity index (χ2n) is 6.48. The minimum Gasteiger partial charge on any atom is -0.462 e. The van der Waals surface area contributed by atoms with E-state index >= 15 is 0 Å². The van der Waals surface area contributed by atoms with Gasteiger partial charge in [0, 0.05) is 17.6 Å². The molecule has 0 spiro atoms. The van der Waals surface area contributed by atoms with Crippen LogP contribution >= 0.6 is 11.3 Å². The van der Waals surface area contributed by atoms with Crippen molar-refractivity contribution in [2.24, 2.45) is 0 Å². The summed E-state index contributed by atoms with van der Waals surface area (Å²) in [7, 11) is 0. The lowest BCUT2D eigenvalue weighted by atomic mass is 10.2. The fourth-order valence-corrected chi connectivity index (χ4v) is 3.59.